The average Bonchev–Trinajstić information content (AvgIpc) is 2.38. The Bertz CT molecular complexity index is 433. The minimum Gasteiger partial charge on any atom is -0.383 e. The lowest BCUT2D eigenvalue weighted by Gasteiger charge is -2.25. The first-order valence-electron chi connectivity index (χ1n) is 6.55. The topological polar surface area (TPSA) is 75.3 Å². The maximum atomic E-state index is 11.8. The third kappa shape index (κ3) is 3.81. The summed E-state index contributed by atoms with van der Waals surface area (Å²) in [5.74, 6) is 1.32. The van der Waals surface area contributed by atoms with Crippen LogP contribution in [0.4, 0.5) is 11.6 Å². The highest BCUT2D eigenvalue weighted by Gasteiger charge is 2.17. The van der Waals surface area contributed by atoms with E-state index in [4.69, 9.17) is 5.73 Å². The van der Waals surface area contributed by atoms with Gasteiger partial charge in [-0.25, -0.2) is 9.97 Å². The maximum absolute atomic E-state index is 11.8. The first kappa shape index (κ1) is 15.2. The van der Waals surface area contributed by atoms with Crippen LogP contribution in [0.5, 0.6) is 0 Å². The van der Waals surface area contributed by atoms with Crippen LogP contribution in [0, 0.1) is 0 Å². The summed E-state index contributed by atoms with van der Waals surface area (Å²) in [5, 5.41) is 0. The number of hydrogen-bond donors (Lipinski definition) is 1. The number of nitrogens with zero attached hydrogens (tertiary/aromatic N) is 4. The van der Waals surface area contributed by atoms with Crippen LogP contribution in [0.15, 0.2) is 6.33 Å². The predicted molar refractivity (Wildman–Crippen MR) is 77.0 cm³/mol. The Morgan fingerprint density at radius 3 is 2.53 bits per heavy atom. The monoisotopic (exact) mass is 265 g/mol. The molecule has 0 saturated heterocycles. The number of nitrogens with two attached hydrogens (primary N) is 1. The molecule has 0 fully saturated rings. The number of rotatable bonds is 6. The van der Waals surface area contributed by atoms with E-state index in [2.05, 4.69) is 16.9 Å². The van der Waals surface area contributed by atoms with Crippen LogP contribution in [-0.2, 0) is 11.2 Å². The van der Waals surface area contributed by atoms with Crippen LogP contribution in [0.1, 0.15) is 25.8 Å². The van der Waals surface area contributed by atoms with Crippen molar-refractivity contribution in [2.24, 2.45) is 0 Å². The molecule has 6 heteroatoms. The van der Waals surface area contributed by atoms with Crippen LogP contribution in [0.2, 0.25) is 0 Å². The molecule has 0 unspecified atom stereocenters. The number of anilines is 2. The molecule has 19 heavy (non-hydrogen) atoms. The fourth-order valence-corrected chi connectivity index (χ4v) is 1.82. The summed E-state index contributed by atoms with van der Waals surface area (Å²) in [6.45, 7) is 5.08. The largest absolute Gasteiger partial charge is 0.383 e. The van der Waals surface area contributed by atoms with Crippen molar-refractivity contribution in [2.75, 3.05) is 37.8 Å². The lowest BCUT2D eigenvalue weighted by Crippen LogP contribution is -2.37. The number of hydrogen-bond acceptors (Lipinski definition) is 5. The van der Waals surface area contributed by atoms with E-state index in [1.807, 2.05) is 11.8 Å². The Kier molecular flexibility index (Phi) is 5.54. The number of nitrogen functional groups attached to an aromatic ring is 1. The van der Waals surface area contributed by atoms with Gasteiger partial charge in [-0.2, -0.15) is 0 Å². The molecule has 0 saturated carbocycles. The van der Waals surface area contributed by atoms with Crippen molar-refractivity contribution in [3.8, 4) is 0 Å². The summed E-state index contributed by atoms with van der Waals surface area (Å²) in [5.41, 5.74) is 6.85. The van der Waals surface area contributed by atoms with Gasteiger partial charge in [0.1, 0.15) is 18.0 Å². The van der Waals surface area contributed by atoms with Gasteiger partial charge < -0.3 is 15.5 Å². The second kappa shape index (κ2) is 6.92. The summed E-state index contributed by atoms with van der Waals surface area (Å²) >= 11 is 0. The Balaban J connectivity index is 3.04. The Morgan fingerprint density at radius 2 is 2.00 bits per heavy atom. The molecule has 1 aromatic rings. The van der Waals surface area contributed by atoms with Gasteiger partial charge in [-0.15, -0.1) is 0 Å². The Morgan fingerprint density at radius 1 is 1.32 bits per heavy atom. The highest BCUT2D eigenvalue weighted by atomic mass is 16.2. The molecule has 1 rings (SSSR count). The highest BCUT2D eigenvalue weighted by molar-refractivity contribution is 5.81. The second-order valence-electron chi connectivity index (χ2n) is 4.61. The van der Waals surface area contributed by atoms with Crippen molar-refractivity contribution in [3.63, 3.8) is 0 Å². The molecule has 1 amide bonds. The van der Waals surface area contributed by atoms with Crippen molar-refractivity contribution in [2.45, 2.75) is 26.7 Å². The molecule has 106 valence electrons. The van der Waals surface area contributed by atoms with Crippen molar-refractivity contribution in [1.82, 2.24) is 14.9 Å². The van der Waals surface area contributed by atoms with Gasteiger partial charge >= 0.3 is 0 Å². The summed E-state index contributed by atoms with van der Waals surface area (Å²) in [4.78, 5) is 23.7. The molecule has 0 atom stereocenters. The summed E-state index contributed by atoms with van der Waals surface area (Å²) < 4.78 is 0. The SMILES string of the molecule is CCCc1c(N)ncnc1N(CC)CC(=O)N(C)C. The number of likely N-dealkylation sites (N-methyl/N-ethyl adjacent to an activating group) is 2. The molecule has 0 aliphatic carbocycles. The van der Waals surface area contributed by atoms with E-state index < -0.39 is 0 Å². The summed E-state index contributed by atoms with van der Waals surface area (Å²) in [6, 6.07) is 0. The number of amides is 1. The first-order chi connectivity index (χ1) is 9.01. The lowest BCUT2D eigenvalue weighted by molar-refractivity contribution is -0.127. The quantitative estimate of drug-likeness (QED) is 0.828. The molecule has 0 aliphatic heterocycles. The third-order valence-electron chi connectivity index (χ3n) is 2.96. The van der Waals surface area contributed by atoms with Crippen LogP contribution >= 0.6 is 0 Å². The fourth-order valence-electron chi connectivity index (χ4n) is 1.82. The molecular weight excluding hydrogens is 242 g/mol. The van der Waals surface area contributed by atoms with E-state index in [0.717, 1.165) is 24.2 Å². The van der Waals surface area contributed by atoms with Gasteiger partial charge in [-0.05, 0) is 13.3 Å². The van der Waals surface area contributed by atoms with E-state index in [-0.39, 0.29) is 5.91 Å². The smallest absolute Gasteiger partial charge is 0.241 e. The number of carbonyl (C=O) groups is 1. The molecule has 0 bridgehead atoms. The molecule has 0 aliphatic rings. The van der Waals surface area contributed by atoms with Crippen LogP contribution < -0.4 is 10.6 Å². The maximum Gasteiger partial charge on any atom is 0.241 e. The predicted octanol–water partition coefficient (Wildman–Crippen LogP) is 0.926. The molecule has 2 N–H and O–H groups in total. The zero-order valence-electron chi connectivity index (χ0n) is 12.2. The van der Waals surface area contributed by atoms with Crippen LogP contribution in [0.25, 0.3) is 0 Å². The van der Waals surface area contributed by atoms with Crippen molar-refractivity contribution in [1.29, 1.82) is 0 Å². The van der Waals surface area contributed by atoms with Gasteiger partial charge in [0.2, 0.25) is 5.91 Å². The average molecular weight is 265 g/mol. The third-order valence-corrected chi connectivity index (χ3v) is 2.96. The molecule has 6 nitrogen and oxygen atoms in total. The standard InChI is InChI=1S/C13H23N5O/c1-5-7-10-12(14)15-9-16-13(10)18(6-2)8-11(19)17(3)4/h9H,5-8H2,1-4H3,(H2,14,15,16). The fraction of sp³-hybridized carbons (Fsp3) is 0.615. The van der Waals surface area contributed by atoms with Gasteiger partial charge in [0.25, 0.3) is 0 Å². The highest BCUT2D eigenvalue weighted by Crippen LogP contribution is 2.22. The zero-order valence-corrected chi connectivity index (χ0v) is 12.2. The lowest BCUT2D eigenvalue weighted by atomic mass is 10.1. The van der Waals surface area contributed by atoms with E-state index in [1.54, 1.807) is 19.0 Å². The molecule has 0 aromatic carbocycles. The number of carbonyl (C=O) groups excluding carboxylic acids is 1. The molecule has 0 radical (unpaired) electrons. The molecular formula is C13H23N5O. The van der Waals surface area contributed by atoms with Gasteiger partial charge in [-0.1, -0.05) is 13.3 Å². The minimum atomic E-state index is 0.0430. The van der Waals surface area contributed by atoms with Crippen LogP contribution in [0.3, 0.4) is 0 Å². The van der Waals surface area contributed by atoms with E-state index in [9.17, 15) is 4.79 Å². The van der Waals surface area contributed by atoms with Crippen molar-refractivity contribution >= 4 is 17.5 Å². The molecule has 1 heterocycles. The van der Waals surface area contributed by atoms with E-state index in [0.29, 0.717) is 18.9 Å². The van der Waals surface area contributed by atoms with Gasteiger partial charge in [0, 0.05) is 26.2 Å². The van der Waals surface area contributed by atoms with Crippen molar-refractivity contribution < 1.29 is 4.79 Å². The van der Waals surface area contributed by atoms with Crippen LogP contribution in [-0.4, -0.2) is 48.0 Å². The van der Waals surface area contributed by atoms with E-state index in [1.165, 1.54) is 6.33 Å². The summed E-state index contributed by atoms with van der Waals surface area (Å²) in [7, 11) is 3.49. The zero-order chi connectivity index (χ0) is 14.4. The van der Waals surface area contributed by atoms with Gasteiger partial charge in [0.15, 0.2) is 0 Å². The second-order valence-corrected chi connectivity index (χ2v) is 4.61. The van der Waals surface area contributed by atoms with E-state index >= 15 is 0 Å². The first-order valence-corrected chi connectivity index (χ1v) is 6.55. The Labute approximate surface area is 114 Å². The molecule has 0 spiro atoms. The Hall–Kier alpha value is -1.85. The van der Waals surface area contributed by atoms with Crippen molar-refractivity contribution in [3.05, 3.63) is 11.9 Å². The minimum absolute atomic E-state index is 0.0430. The summed E-state index contributed by atoms with van der Waals surface area (Å²) in [6.07, 6.45) is 3.23. The van der Waals surface area contributed by atoms with Gasteiger partial charge in [-0.3, -0.25) is 4.79 Å². The molecule has 1 aromatic heterocycles. The number of aromatic nitrogens is 2. The van der Waals surface area contributed by atoms with Gasteiger partial charge in [0.05, 0.1) is 6.54 Å². The normalized spacial score (nSPS) is 10.3.